The number of benzene rings is 1. The van der Waals surface area contributed by atoms with E-state index in [0.29, 0.717) is 32.1 Å². The molecule has 5 nitrogen and oxygen atoms in total. The highest BCUT2D eigenvalue weighted by molar-refractivity contribution is 5.96. The van der Waals surface area contributed by atoms with Gasteiger partial charge in [0, 0.05) is 38.8 Å². The number of piperidine rings is 1. The molecule has 1 aromatic carbocycles. The van der Waals surface area contributed by atoms with Crippen molar-refractivity contribution in [1.29, 1.82) is 0 Å². The summed E-state index contributed by atoms with van der Waals surface area (Å²) in [6, 6.07) is 5.03. The van der Waals surface area contributed by atoms with Crippen LogP contribution in [0.15, 0.2) is 24.3 Å². The Bertz CT molecular complexity index is 846. The summed E-state index contributed by atoms with van der Waals surface area (Å²) in [5, 5.41) is 0. The second-order valence-corrected chi connectivity index (χ2v) is 9.74. The van der Waals surface area contributed by atoms with Gasteiger partial charge in [-0.2, -0.15) is 13.2 Å². The summed E-state index contributed by atoms with van der Waals surface area (Å²) in [6.45, 7) is 4.60. The third-order valence-electron chi connectivity index (χ3n) is 7.64. The average molecular weight is 466 g/mol. The number of hydrogen-bond donors (Lipinski definition) is 0. The topological polar surface area (TPSA) is 43.9 Å². The summed E-state index contributed by atoms with van der Waals surface area (Å²) in [4.78, 5) is 32.4. The standard InChI is InChI=1S/C25H34F3N3O2/c1-18-8-6-7-13-31(18)24(33)22(19-9-2-3-10-19)29-14-16-30(17-15-29)23(32)20-11-4-5-12-21(20)25(26,27)28/h4-5,11-12,18-19,22H,2-3,6-10,13-17H2,1H3/t18-,22-/m1/s1. The van der Waals surface area contributed by atoms with E-state index in [4.69, 9.17) is 0 Å². The minimum Gasteiger partial charge on any atom is -0.339 e. The molecule has 1 saturated carbocycles. The molecule has 0 aromatic heterocycles. The molecular formula is C25H34F3N3O2. The fourth-order valence-corrected chi connectivity index (χ4v) is 5.81. The maximum Gasteiger partial charge on any atom is 0.417 e. The number of hydrogen-bond acceptors (Lipinski definition) is 3. The molecule has 0 N–H and O–H groups in total. The van der Waals surface area contributed by atoms with Crippen molar-refractivity contribution in [3.63, 3.8) is 0 Å². The third kappa shape index (κ3) is 5.20. The number of rotatable bonds is 4. The first-order valence-electron chi connectivity index (χ1n) is 12.3. The number of carbonyl (C=O) groups excluding carboxylic acids is 2. The van der Waals surface area contributed by atoms with Gasteiger partial charge in [0.25, 0.3) is 5.91 Å². The fourth-order valence-electron chi connectivity index (χ4n) is 5.81. The van der Waals surface area contributed by atoms with Gasteiger partial charge in [-0.25, -0.2) is 0 Å². The Morgan fingerprint density at radius 1 is 0.909 bits per heavy atom. The van der Waals surface area contributed by atoms with Crippen LogP contribution in [0.5, 0.6) is 0 Å². The van der Waals surface area contributed by atoms with Gasteiger partial charge in [0.1, 0.15) is 0 Å². The van der Waals surface area contributed by atoms with Gasteiger partial charge in [-0.15, -0.1) is 0 Å². The van der Waals surface area contributed by atoms with Crippen molar-refractivity contribution in [3.8, 4) is 0 Å². The lowest BCUT2D eigenvalue weighted by molar-refractivity contribution is -0.143. The molecule has 2 aliphatic heterocycles. The Hall–Kier alpha value is -2.09. The quantitative estimate of drug-likeness (QED) is 0.661. The van der Waals surface area contributed by atoms with Crippen molar-refractivity contribution in [2.45, 2.75) is 70.1 Å². The minimum absolute atomic E-state index is 0.187. The zero-order chi connectivity index (χ0) is 23.6. The van der Waals surface area contributed by atoms with Crippen LogP contribution >= 0.6 is 0 Å². The number of piperazine rings is 1. The molecule has 4 rings (SSSR count). The van der Waals surface area contributed by atoms with Crippen molar-refractivity contribution >= 4 is 11.8 Å². The maximum atomic E-state index is 13.7. The van der Waals surface area contributed by atoms with Gasteiger partial charge in [-0.05, 0) is 57.1 Å². The summed E-state index contributed by atoms with van der Waals surface area (Å²) >= 11 is 0. The molecule has 1 aromatic rings. The van der Waals surface area contributed by atoms with Gasteiger partial charge >= 0.3 is 6.18 Å². The van der Waals surface area contributed by atoms with E-state index in [9.17, 15) is 22.8 Å². The van der Waals surface area contributed by atoms with E-state index in [-0.39, 0.29) is 23.6 Å². The highest BCUT2D eigenvalue weighted by Crippen LogP contribution is 2.34. The number of nitrogens with zero attached hydrogens (tertiary/aromatic N) is 3. The van der Waals surface area contributed by atoms with E-state index < -0.39 is 17.6 Å². The van der Waals surface area contributed by atoms with Crippen LogP contribution < -0.4 is 0 Å². The van der Waals surface area contributed by atoms with Crippen molar-refractivity contribution in [1.82, 2.24) is 14.7 Å². The molecule has 0 unspecified atom stereocenters. The first kappa shape index (κ1) is 24.0. The number of halogens is 3. The first-order valence-corrected chi connectivity index (χ1v) is 12.3. The lowest BCUT2D eigenvalue weighted by atomic mass is 9.92. The Morgan fingerprint density at radius 3 is 2.18 bits per heavy atom. The zero-order valence-corrected chi connectivity index (χ0v) is 19.3. The Labute approximate surface area is 193 Å². The fraction of sp³-hybridized carbons (Fsp3) is 0.680. The van der Waals surface area contributed by atoms with E-state index in [1.165, 1.54) is 23.1 Å². The van der Waals surface area contributed by atoms with Gasteiger partial charge in [0.05, 0.1) is 17.2 Å². The molecule has 182 valence electrons. The van der Waals surface area contributed by atoms with Crippen LogP contribution in [0, 0.1) is 5.92 Å². The lowest BCUT2D eigenvalue weighted by Gasteiger charge is -2.44. The molecule has 8 heteroatoms. The minimum atomic E-state index is -4.57. The molecule has 3 aliphatic rings. The van der Waals surface area contributed by atoms with Crippen LogP contribution in [0.2, 0.25) is 0 Å². The molecule has 33 heavy (non-hydrogen) atoms. The van der Waals surface area contributed by atoms with E-state index in [1.807, 2.05) is 4.90 Å². The molecule has 0 bridgehead atoms. The Morgan fingerprint density at radius 2 is 1.55 bits per heavy atom. The molecule has 3 fully saturated rings. The summed E-state index contributed by atoms with van der Waals surface area (Å²) in [7, 11) is 0. The lowest BCUT2D eigenvalue weighted by Crippen LogP contribution is -2.60. The molecule has 0 radical (unpaired) electrons. The van der Waals surface area contributed by atoms with Crippen LogP contribution in [0.1, 0.15) is 67.8 Å². The average Bonchev–Trinajstić information content (AvgIpc) is 3.33. The van der Waals surface area contributed by atoms with Crippen molar-refractivity contribution in [3.05, 3.63) is 35.4 Å². The van der Waals surface area contributed by atoms with Gasteiger partial charge in [0.2, 0.25) is 5.91 Å². The van der Waals surface area contributed by atoms with E-state index in [1.54, 1.807) is 0 Å². The predicted molar refractivity (Wildman–Crippen MR) is 120 cm³/mol. The normalized spacial score (nSPS) is 24.2. The highest BCUT2D eigenvalue weighted by atomic mass is 19.4. The first-order chi connectivity index (χ1) is 15.8. The summed E-state index contributed by atoms with van der Waals surface area (Å²) < 4.78 is 40.2. The van der Waals surface area contributed by atoms with Crippen LogP contribution in [0.25, 0.3) is 0 Å². The second kappa shape index (κ2) is 10.0. The molecule has 2 saturated heterocycles. The van der Waals surface area contributed by atoms with Crippen LogP contribution in [-0.4, -0.2) is 71.3 Å². The summed E-state index contributed by atoms with van der Waals surface area (Å²) in [6.07, 6.45) is 3.00. The van der Waals surface area contributed by atoms with Gasteiger partial charge in [-0.3, -0.25) is 14.5 Å². The van der Waals surface area contributed by atoms with Gasteiger partial charge < -0.3 is 9.80 Å². The highest BCUT2D eigenvalue weighted by Gasteiger charge is 2.41. The van der Waals surface area contributed by atoms with Crippen LogP contribution in [-0.2, 0) is 11.0 Å². The van der Waals surface area contributed by atoms with Crippen LogP contribution in [0.3, 0.4) is 0 Å². The van der Waals surface area contributed by atoms with E-state index in [2.05, 4.69) is 11.8 Å². The SMILES string of the molecule is C[C@@H]1CCCCN1C(=O)[C@@H](C1CCCC1)N1CCN(C(=O)c2ccccc2C(F)(F)F)CC1. The number of amides is 2. The van der Waals surface area contributed by atoms with E-state index >= 15 is 0 Å². The number of carbonyl (C=O) groups is 2. The van der Waals surface area contributed by atoms with Crippen molar-refractivity contribution < 1.29 is 22.8 Å². The molecule has 1 aliphatic carbocycles. The molecular weight excluding hydrogens is 431 g/mol. The van der Waals surface area contributed by atoms with E-state index in [0.717, 1.165) is 57.6 Å². The number of alkyl halides is 3. The molecule has 2 heterocycles. The monoisotopic (exact) mass is 465 g/mol. The molecule has 2 amide bonds. The summed E-state index contributed by atoms with van der Waals surface area (Å²) in [5.74, 6) is -0.0629. The second-order valence-electron chi connectivity index (χ2n) is 9.74. The summed E-state index contributed by atoms with van der Waals surface area (Å²) in [5.41, 5.74) is -1.19. The van der Waals surface area contributed by atoms with Gasteiger partial charge in [-0.1, -0.05) is 25.0 Å². The molecule has 0 spiro atoms. The zero-order valence-electron chi connectivity index (χ0n) is 19.3. The molecule has 2 atom stereocenters. The van der Waals surface area contributed by atoms with Crippen molar-refractivity contribution in [2.75, 3.05) is 32.7 Å². The van der Waals surface area contributed by atoms with Crippen molar-refractivity contribution in [2.24, 2.45) is 5.92 Å². The van der Waals surface area contributed by atoms with Crippen LogP contribution in [0.4, 0.5) is 13.2 Å². The Kier molecular flexibility index (Phi) is 7.31. The maximum absolute atomic E-state index is 13.7. The smallest absolute Gasteiger partial charge is 0.339 e. The Balaban J connectivity index is 1.47. The number of likely N-dealkylation sites (tertiary alicyclic amines) is 1. The third-order valence-corrected chi connectivity index (χ3v) is 7.64. The predicted octanol–water partition coefficient (Wildman–Crippen LogP) is 4.42. The largest absolute Gasteiger partial charge is 0.417 e. The van der Waals surface area contributed by atoms with Gasteiger partial charge in [0.15, 0.2) is 0 Å².